The molecule has 0 saturated carbocycles. The Hall–Kier alpha value is -1.17. The molecule has 0 radical (unpaired) electrons. The van der Waals surface area contributed by atoms with Gasteiger partial charge >= 0.3 is 6.18 Å². The third kappa shape index (κ3) is 5.95. The van der Waals surface area contributed by atoms with Gasteiger partial charge in [-0.25, -0.2) is 0 Å². The fraction of sp³-hybridized carbons (Fsp3) is 0.667. The smallest absolute Gasteiger partial charge is 0.310 e. The molecule has 3 nitrogen and oxygen atoms in total. The molecule has 0 spiro atoms. The fourth-order valence-electron chi connectivity index (χ4n) is 1.72. The van der Waals surface area contributed by atoms with Crippen LogP contribution in [0.4, 0.5) is 13.2 Å². The van der Waals surface area contributed by atoms with Gasteiger partial charge in [0.1, 0.15) is 0 Å². The van der Waals surface area contributed by atoms with Crippen molar-refractivity contribution >= 4 is 0 Å². The quantitative estimate of drug-likeness (QED) is 0.818. The summed E-state index contributed by atoms with van der Waals surface area (Å²) in [6.07, 6.45) is -0.158. The number of nitrogens with one attached hydrogen (secondary N) is 1. The van der Waals surface area contributed by atoms with E-state index in [1.807, 2.05) is 6.92 Å². The summed E-state index contributed by atoms with van der Waals surface area (Å²) in [5.41, 5.74) is 0.889. The lowest BCUT2D eigenvalue weighted by molar-refractivity contribution is -0.135. The van der Waals surface area contributed by atoms with Crippen LogP contribution < -0.4 is 5.32 Å². The monoisotopic (exact) mass is 261 g/mol. The van der Waals surface area contributed by atoms with Crippen LogP contribution in [0.15, 0.2) is 18.5 Å². The highest BCUT2D eigenvalue weighted by molar-refractivity contribution is 5.11. The Kier molecular flexibility index (Phi) is 6.04. The van der Waals surface area contributed by atoms with Gasteiger partial charge in [-0.2, -0.15) is 23.4 Å². The summed E-state index contributed by atoms with van der Waals surface area (Å²) in [7, 11) is 0. The minimum Gasteiger partial charge on any atom is -0.310 e. The highest BCUT2D eigenvalue weighted by atomic mass is 19.4. The standard InChI is InChI=1S/C12H18F3N3/c1-2-7-16-11(4-3-6-12(13,14)15)10-5-8-17-18-9-10/h5,8-9,11,16H,2-4,6-7H2,1H3. The lowest BCUT2D eigenvalue weighted by atomic mass is 10.0. The molecule has 102 valence electrons. The van der Waals surface area contributed by atoms with Gasteiger partial charge in [0.25, 0.3) is 0 Å². The van der Waals surface area contributed by atoms with E-state index < -0.39 is 12.6 Å². The molecular weight excluding hydrogens is 243 g/mol. The maximum Gasteiger partial charge on any atom is 0.389 e. The molecule has 0 fully saturated rings. The summed E-state index contributed by atoms with van der Waals surface area (Å²) in [5, 5.41) is 10.7. The van der Waals surface area contributed by atoms with Crippen molar-refractivity contribution < 1.29 is 13.2 Å². The number of hydrogen-bond donors (Lipinski definition) is 1. The molecule has 1 atom stereocenters. The highest BCUT2D eigenvalue weighted by Crippen LogP contribution is 2.25. The van der Waals surface area contributed by atoms with E-state index in [1.165, 1.54) is 0 Å². The van der Waals surface area contributed by atoms with Crippen LogP contribution in [0.2, 0.25) is 0 Å². The lowest BCUT2D eigenvalue weighted by Gasteiger charge is -2.18. The molecular formula is C12H18F3N3. The SMILES string of the molecule is CCCNC(CCCC(F)(F)F)c1ccnnc1. The minimum atomic E-state index is -4.08. The van der Waals surface area contributed by atoms with Crippen LogP contribution in [0.3, 0.4) is 0 Å². The maximum atomic E-state index is 12.1. The average molecular weight is 261 g/mol. The van der Waals surface area contributed by atoms with E-state index >= 15 is 0 Å². The number of halogens is 3. The van der Waals surface area contributed by atoms with Crippen LogP contribution in [0.25, 0.3) is 0 Å². The van der Waals surface area contributed by atoms with Crippen LogP contribution in [0.5, 0.6) is 0 Å². The van der Waals surface area contributed by atoms with Crippen molar-refractivity contribution in [3.05, 3.63) is 24.0 Å². The first-order valence-electron chi connectivity index (χ1n) is 6.09. The molecule has 0 amide bonds. The van der Waals surface area contributed by atoms with Gasteiger partial charge in [0.15, 0.2) is 0 Å². The van der Waals surface area contributed by atoms with Gasteiger partial charge in [0, 0.05) is 18.7 Å². The molecule has 1 heterocycles. The summed E-state index contributed by atoms with van der Waals surface area (Å²) in [5.74, 6) is 0. The number of hydrogen-bond acceptors (Lipinski definition) is 3. The molecule has 1 unspecified atom stereocenters. The molecule has 0 aromatic carbocycles. The van der Waals surface area contributed by atoms with Gasteiger partial charge in [0.05, 0.1) is 6.20 Å². The summed E-state index contributed by atoms with van der Waals surface area (Å²) < 4.78 is 36.4. The molecule has 0 aliphatic heterocycles. The van der Waals surface area contributed by atoms with Crippen LogP contribution in [-0.2, 0) is 0 Å². The second-order valence-electron chi connectivity index (χ2n) is 4.19. The molecule has 0 aliphatic rings. The molecule has 1 aromatic heterocycles. The van der Waals surface area contributed by atoms with Crippen molar-refractivity contribution in [3.63, 3.8) is 0 Å². The molecule has 0 aliphatic carbocycles. The van der Waals surface area contributed by atoms with Crippen molar-refractivity contribution in [1.82, 2.24) is 15.5 Å². The van der Waals surface area contributed by atoms with Gasteiger partial charge < -0.3 is 5.32 Å². The summed E-state index contributed by atoms with van der Waals surface area (Å²) in [6, 6.07) is 1.70. The Labute approximate surface area is 105 Å². The van der Waals surface area contributed by atoms with Crippen molar-refractivity contribution in [2.45, 2.75) is 44.8 Å². The Morgan fingerprint density at radius 3 is 2.67 bits per heavy atom. The lowest BCUT2D eigenvalue weighted by Crippen LogP contribution is -2.23. The first kappa shape index (κ1) is 14.9. The Morgan fingerprint density at radius 1 is 1.33 bits per heavy atom. The summed E-state index contributed by atoms with van der Waals surface area (Å²) >= 11 is 0. The zero-order valence-electron chi connectivity index (χ0n) is 10.4. The van der Waals surface area contributed by atoms with Crippen LogP contribution in [0, 0.1) is 0 Å². The number of rotatable bonds is 7. The Morgan fingerprint density at radius 2 is 2.11 bits per heavy atom. The normalized spacial score (nSPS) is 13.6. The van der Waals surface area contributed by atoms with E-state index in [0.717, 1.165) is 18.5 Å². The van der Waals surface area contributed by atoms with Gasteiger partial charge in [-0.1, -0.05) is 6.92 Å². The second kappa shape index (κ2) is 7.31. The van der Waals surface area contributed by atoms with E-state index in [4.69, 9.17) is 0 Å². The van der Waals surface area contributed by atoms with Crippen molar-refractivity contribution in [2.75, 3.05) is 6.54 Å². The predicted molar refractivity (Wildman–Crippen MR) is 63.0 cm³/mol. The first-order valence-corrected chi connectivity index (χ1v) is 6.09. The number of nitrogens with zero attached hydrogens (tertiary/aromatic N) is 2. The topological polar surface area (TPSA) is 37.8 Å². The zero-order valence-corrected chi connectivity index (χ0v) is 10.4. The molecule has 1 rings (SSSR count). The third-order valence-corrected chi connectivity index (χ3v) is 2.60. The van der Waals surface area contributed by atoms with Gasteiger partial charge in [-0.05, 0) is 37.4 Å². The van der Waals surface area contributed by atoms with E-state index in [9.17, 15) is 13.2 Å². The van der Waals surface area contributed by atoms with Gasteiger partial charge in [-0.15, -0.1) is 0 Å². The van der Waals surface area contributed by atoms with E-state index in [0.29, 0.717) is 6.42 Å². The van der Waals surface area contributed by atoms with Gasteiger partial charge in [0.2, 0.25) is 0 Å². The molecule has 0 saturated heterocycles. The Bertz CT molecular complexity index is 327. The van der Waals surface area contributed by atoms with Crippen LogP contribution in [-0.4, -0.2) is 22.9 Å². The van der Waals surface area contributed by atoms with E-state index in [1.54, 1.807) is 18.5 Å². The fourth-order valence-corrected chi connectivity index (χ4v) is 1.72. The molecule has 0 bridgehead atoms. The molecule has 6 heteroatoms. The second-order valence-corrected chi connectivity index (χ2v) is 4.19. The largest absolute Gasteiger partial charge is 0.389 e. The number of aromatic nitrogens is 2. The van der Waals surface area contributed by atoms with Crippen LogP contribution >= 0.6 is 0 Å². The molecule has 1 N–H and O–H groups in total. The van der Waals surface area contributed by atoms with E-state index in [-0.39, 0.29) is 12.5 Å². The van der Waals surface area contributed by atoms with Crippen molar-refractivity contribution in [2.24, 2.45) is 0 Å². The zero-order chi connectivity index (χ0) is 13.4. The van der Waals surface area contributed by atoms with Crippen molar-refractivity contribution in [1.29, 1.82) is 0 Å². The van der Waals surface area contributed by atoms with E-state index in [2.05, 4.69) is 15.5 Å². The first-order chi connectivity index (χ1) is 8.53. The summed E-state index contributed by atoms with van der Waals surface area (Å²) in [6.45, 7) is 2.80. The molecule has 1 aromatic rings. The van der Waals surface area contributed by atoms with Crippen molar-refractivity contribution in [3.8, 4) is 0 Å². The molecule has 18 heavy (non-hydrogen) atoms. The number of alkyl halides is 3. The minimum absolute atomic E-state index is 0.0807. The van der Waals surface area contributed by atoms with Gasteiger partial charge in [-0.3, -0.25) is 0 Å². The average Bonchev–Trinajstić information content (AvgIpc) is 2.33. The highest BCUT2D eigenvalue weighted by Gasteiger charge is 2.26. The third-order valence-electron chi connectivity index (χ3n) is 2.60. The Balaban J connectivity index is 2.51. The maximum absolute atomic E-state index is 12.1. The van der Waals surface area contributed by atoms with Crippen LogP contribution in [0.1, 0.15) is 44.2 Å². The predicted octanol–water partition coefficient (Wildman–Crippen LogP) is 3.25. The summed E-state index contributed by atoms with van der Waals surface area (Å²) in [4.78, 5) is 0.